The molecule has 0 saturated carbocycles. The Hall–Kier alpha value is -1.31. The van der Waals surface area contributed by atoms with Crippen molar-refractivity contribution in [3.05, 3.63) is 21.8 Å². The lowest BCUT2D eigenvalue weighted by molar-refractivity contribution is -0.141. The van der Waals surface area contributed by atoms with Gasteiger partial charge in [-0.2, -0.15) is 0 Å². The monoisotopic (exact) mass is 405 g/mol. The number of ether oxygens (including phenoxy) is 2. The predicted molar refractivity (Wildman–Crippen MR) is 89.4 cm³/mol. The van der Waals surface area contributed by atoms with Gasteiger partial charge in [-0.15, -0.1) is 0 Å². The molecule has 0 aliphatic carbocycles. The van der Waals surface area contributed by atoms with E-state index in [9.17, 15) is 9.59 Å². The Kier molecular flexibility index (Phi) is 8.11. The minimum Gasteiger partial charge on any atom is -0.492 e. The number of carbonyl (C=O) groups is 2. The highest BCUT2D eigenvalue weighted by atomic mass is 127. The Bertz CT molecular complexity index is 491. The zero-order valence-electron chi connectivity index (χ0n) is 12.3. The van der Waals surface area contributed by atoms with Gasteiger partial charge in [0, 0.05) is 18.2 Å². The van der Waals surface area contributed by atoms with Gasteiger partial charge in [-0.25, -0.2) is 0 Å². The number of benzene rings is 1. The Morgan fingerprint density at radius 1 is 1.29 bits per heavy atom. The van der Waals surface area contributed by atoms with E-state index in [0.717, 1.165) is 22.2 Å². The van der Waals surface area contributed by atoms with Crippen molar-refractivity contribution >= 4 is 40.2 Å². The molecule has 0 aliphatic heterocycles. The van der Waals surface area contributed by atoms with Gasteiger partial charge < -0.3 is 14.8 Å². The number of halogens is 1. The summed E-state index contributed by atoms with van der Waals surface area (Å²) in [5.74, 6) is 0.146. The second-order valence-electron chi connectivity index (χ2n) is 4.47. The molecule has 116 valence electrons. The average Bonchev–Trinajstić information content (AvgIpc) is 2.48. The lowest BCUT2D eigenvalue weighted by Crippen LogP contribution is -2.14. The van der Waals surface area contributed by atoms with Crippen LogP contribution in [-0.2, 0) is 14.3 Å². The summed E-state index contributed by atoms with van der Waals surface area (Å²) in [5, 5.41) is 2.75. The van der Waals surface area contributed by atoms with E-state index in [1.807, 2.05) is 12.1 Å². The molecule has 1 N–H and O–H groups in total. The molecular formula is C15H20INO4. The van der Waals surface area contributed by atoms with Crippen LogP contribution in [0.15, 0.2) is 18.2 Å². The number of methoxy groups -OCH3 is 1. The second kappa shape index (κ2) is 9.59. The molecule has 0 radical (unpaired) electrons. The molecule has 0 aliphatic rings. The van der Waals surface area contributed by atoms with Crippen LogP contribution in [0.4, 0.5) is 5.69 Å². The molecule has 0 bridgehead atoms. The molecule has 0 saturated heterocycles. The van der Waals surface area contributed by atoms with E-state index in [1.165, 1.54) is 7.11 Å². The molecule has 0 aromatic heterocycles. The predicted octanol–water partition coefficient (Wildman–Crippen LogP) is 3.36. The standard InChI is InChI=1S/C15H20INO4/c1-3-4-9-21-13-10-11(5-6-12(13)16)17-14(18)7-8-15(19)20-2/h5-6,10H,3-4,7-9H2,1-2H3,(H,17,18). The first-order valence-corrected chi connectivity index (χ1v) is 7.93. The molecule has 0 fully saturated rings. The summed E-state index contributed by atoms with van der Waals surface area (Å²) in [6, 6.07) is 5.50. The van der Waals surface area contributed by atoms with E-state index < -0.39 is 5.97 Å². The van der Waals surface area contributed by atoms with Gasteiger partial charge in [0.1, 0.15) is 5.75 Å². The van der Waals surface area contributed by atoms with Crippen LogP contribution in [0.1, 0.15) is 32.6 Å². The van der Waals surface area contributed by atoms with Crippen molar-refractivity contribution in [2.45, 2.75) is 32.6 Å². The van der Waals surface area contributed by atoms with Gasteiger partial charge in [0.05, 0.1) is 23.7 Å². The van der Waals surface area contributed by atoms with Gasteiger partial charge in [0.25, 0.3) is 0 Å². The summed E-state index contributed by atoms with van der Waals surface area (Å²) >= 11 is 2.19. The first-order chi connectivity index (χ1) is 10.1. The summed E-state index contributed by atoms with van der Waals surface area (Å²) in [5.41, 5.74) is 0.664. The number of unbranched alkanes of at least 4 members (excludes halogenated alkanes) is 1. The van der Waals surface area contributed by atoms with Gasteiger partial charge in [-0.05, 0) is 41.1 Å². The maximum Gasteiger partial charge on any atom is 0.306 e. The fourth-order valence-electron chi connectivity index (χ4n) is 1.56. The number of hydrogen-bond donors (Lipinski definition) is 1. The Morgan fingerprint density at radius 3 is 2.71 bits per heavy atom. The second-order valence-corrected chi connectivity index (χ2v) is 5.63. The quantitative estimate of drug-likeness (QED) is 0.409. The van der Waals surface area contributed by atoms with Crippen LogP contribution in [0.25, 0.3) is 0 Å². The minimum absolute atomic E-state index is 0.0760. The normalized spacial score (nSPS) is 10.0. The number of anilines is 1. The molecule has 0 heterocycles. The molecule has 1 aromatic carbocycles. The lowest BCUT2D eigenvalue weighted by atomic mass is 10.2. The number of carbonyl (C=O) groups excluding carboxylic acids is 2. The van der Waals surface area contributed by atoms with Gasteiger partial charge in [0.15, 0.2) is 0 Å². The molecule has 0 unspecified atom stereocenters. The number of nitrogens with one attached hydrogen (secondary N) is 1. The van der Waals surface area contributed by atoms with Crippen molar-refractivity contribution in [3.63, 3.8) is 0 Å². The number of esters is 1. The van der Waals surface area contributed by atoms with E-state index in [2.05, 4.69) is 39.6 Å². The van der Waals surface area contributed by atoms with Crippen molar-refractivity contribution in [2.24, 2.45) is 0 Å². The van der Waals surface area contributed by atoms with E-state index in [4.69, 9.17) is 4.74 Å². The highest BCUT2D eigenvalue weighted by Gasteiger charge is 2.09. The highest BCUT2D eigenvalue weighted by Crippen LogP contribution is 2.25. The molecule has 5 nitrogen and oxygen atoms in total. The van der Waals surface area contributed by atoms with E-state index in [-0.39, 0.29) is 18.7 Å². The summed E-state index contributed by atoms with van der Waals surface area (Å²) in [7, 11) is 1.30. The van der Waals surface area contributed by atoms with E-state index >= 15 is 0 Å². The maximum atomic E-state index is 11.7. The first-order valence-electron chi connectivity index (χ1n) is 6.85. The zero-order valence-corrected chi connectivity index (χ0v) is 14.4. The lowest BCUT2D eigenvalue weighted by Gasteiger charge is -2.10. The van der Waals surface area contributed by atoms with Crippen molar-refractivity contribution < 1.29 is 19.1 Å². The topological polar surface area (TPSA) is 64.6 Å². The molecule has 1 amide bonds. The van der Waals surface area contributed by atoms with Gasteiger partial charge in [-0.1, -0.05) is 13.3 Å². The fourth-order valence-corrected chi connectivity index (χ4v) is 2.05. The summed E-state index contributed by atoms with van der Waals surface area (Å²) in [6.45, 7) is 2.76. The first kappa shape index (κ1) is 17.7. The van der Waals surface area contributed by atoms with Crippen molar-refractivity contribution in [3.8, 4) is 5.75 Å². The van der Waals surface area contributed by atoms with Crippen molar-refractivity contribution in [1.29, 1.82) is 0 Å². The number of hydrogen-bond acceptors (Lipinski definition) is 4. The van der Waals surface area contributed by atoms with Gasteiger partial charge >= 0.3 is 5.97 Å². The Balaban J connectivity index is 2.56. The third-order valence-corrected chi connectivity index (χ3v) is 3.65. The van der Waals surface area contributed by atoms with E-state index in [0.29, 0.717) is 12.3 Å². The van der Waals surface area contributed by atoms with Crippen LogP contribution < -0.4 is 10.1 Å². The fraction of sp³-hybridized carbons (Fsp3) is 0.467. The summed E-state index contributed by atoms with van der Waals surface area (Å²) in [4.78, 5) is 22.7. The maximum absolute atomic E-state index is 11.7. The third kappa shape index (κ3) is 6.79. The minimum atomic E-state index is -0.392. The smallest absolute Gasteiger partial charge is 0.306 e. The van der Waals surface area contributed by atoms with E-state index in [1.54, 1.807) is 6.07 Å². The molecule has 0 atom stereocenters. The third-order valence-electron chi connectivity index (χ3n) is 2.75. The van der Waals surface area contributed by atoms with Crippen LogP contribution in [-0.4, -0.2) is 25.6 Å². The summed E-state index contributed by atoms with van der Waals surface area (Å²) < 4.78 is 11.2. The SMILES string of the molecule is CCCCOc1cc(NC(=O)CCC(=O)OC)ccc1I. The van der Waals surface area contributed by atoms with Crippen LogP contribution >= 0.6 is 22.6 Å². The Labute approximate surface area is 138 Å². The van der Waals surface area contributed by atoms with Crippen LogP contribution in [0, 0.1) is 3.57 Å². The molecule has 0 spiro atoms. The van der Waals surface area contributed by atoms with Crippen molar-refractivity contribution in [1.82, 2.24) is 0 Å². The number of amides is 1. The highest BCUT2D eigenvalue weighted by molar-refractivity contribution is 14.1. The summed E-state index contributed by atoms with van der Waals surface area (Å²) in [6.07, 6.45) is 2.24. The molecule has 6 heteroatoms. The Morgan fingerprint density at radius 2 is 2.05 bits per heavy atom. The van der Waals surface area contributed by atoms with Crippen LogP contribution in [0.3, 0.4) is 0 Å². The number of rotatable bonds is 8. The van der Waals surface area contributed by atoms with Gasteiger partial charge in [0.2, 0.25) is 5.91 Å². The average molecular weight is 405 g/mol. The molecule has 21 heavy (non-hydrogen) atoms. The van der Waals surface area contributed by atoms with Crippen LogP contribution in [0.5, 0.6) is 5.75 Å². The molecular weight excluding hydrogens is 385 g/mol. The van der Waals surface area contributed by atoms with Crippen molar-refractivity contribution in [2.75, 3.05) is 19.0 Å². The largest absolute Gasteiger partial charge is 0.492 e. The van der Waals surface area contributed by atoms with Crippen LogP contribution in [0.2, 0.25) is 0 Å². The van der Waals surface area contributed by atoms with Gasteiger partial charge in [-0.3, -0.25) is 9.59 Å². The molecule has 1 aromatic rings. The molecule has 1 rings (SSSR count). The zero-order chi connectivity index (χ0) is 15.7.